The molecule has 0 saturated heterocycles. The van der Waals surface area contributed by atoms with Gasteiger partial charge in [-0.15, -0.1) is 0 Å². The monoisotopic (exact) mass is 663 g/mol. The Kier molecular flexibility index (Phi) is 6.94. The molecule has 0 radical (unpaired) electrons. The summed E-state index contributed by atoms with van der Waals surface area (Å²) >= 11 is 0. The summed E-state index contributed by atoms with van der Waals surface area (Å²) in [6, 6.07) is 59.3. The number of rotatable bonds is 5. The summed E-state index contributed by atoms with van der Waals surface area (Å²) < 4.78 is 0. The van der Waals surface area contributed by atoms with Gasteiger partial charge >= 0.3 is 0 Å². The van der Waals surface area contributed by atoms with E-state index in [0.29, 0.717) is 0 Å². The van der Waals surface area contributed by atoms with Crippen LogP contribution in [0.3, 0.4) is 0 Å². The van der Waals surface area contributed by atoms with Gasteiger partial charge < -0.3 is 0 Å². The zero-order valence-electron chi connectivity index (χ0n) is 28.7. The minimum absolute atomic E-state index is 0.741. The van der Waals surface area contributed by atoms with E-state index >= 15 is 0 Å². The normalized spacial score (nSPS) is 13.2. The van der Waals surface area contributed by atoms with Crippen LogP contribution < -0.4 is 0 Å². The zero-order valence-corrected chi connectivity index (χ0v) is 28.7. The zero-order chi connectivity index (χ0) is 34.6. The van der Waals surface area contributed by atoms with Crippen LogP contribution >= 0.6 is 0 Å². The van der Waals surface area contributed by atoms with Crippen LogP contribution in [0.4, 0.5) is 0 Å². The van der Waals surface area contributed by atoms with Gasteiger partial charge in [0.1, 0.15) is 5.41 Å². The van der Waals surface area contributed by atoms with Crippen molar-refractivity contribution in [2.24, 2.45) is 4.99 Å². The second kappa shape index (κ2) is 12.0. The van der Waals surface area contributed by atoms with Crippen molar-refractivity contribution in [3.63, 3.8) is 0 Å². The molecule has 0 aliphatic heterocycles. The predicted molar refractivity (Wildman–Crippen MR) is 216 cm³/mol. The van der Waals surface area contributed by atoms with Gasteiger partial charge in [-0.2, -0.15) is 0 Å². The molecular formula is C49H33N3. The van der Waals surface area contributed by atoms with Crippen molar-refractivity contribution in [2.75, 3.05) is 7.05 Å². The summed E-state index contributed by atoms with van der Waals surface area (Å²) in [6.45, 7) is 0. The average Bonchev–Trinajstić information content (AvgIpc) is 3.50. The topological polar surface area (TPSA) is 38.1 Å². The van der Waals surface area contributed by atoms with Crippen LogP contribution in [0.15, 0.2) is 181 Å². The molecule has 0 N–H and O–H groups in total. The molecule has 0 atom stereocenters. The molecule has 52 heavy (non-hydrogen) atoms. The van der Waals surface area contributed by atoms with Crippen LogP contribution in [0.2, 0.25) is 0 Å². The number of pyridine rings is 2. The maximum absolute atomic E-state index is 5.08. The lowest BCUT2D eigenvalue weighted by Gasteiger charge is -2.32. The summed E-state index contributed by atoms with van der Waals surface area (Å²) in [5.74, 6) is 0. The molecule has 0 amide bonds. The molecule has 0 fully saturated rings. The first-order chi connectivity index (χ1) is 25.8. The number of aliphatic imine (C=N–C) groups is 1. The van der Waals surface area contributed by atoms with Crippen molar-refractivity contribution in [2.45, 2.75) is 5.41 Å². The standard InChI is InChI=1S/C49H33N3/c1-50-31-32-23-25-36-37-26-24-34(30-44(37)49(43(36)29-32,45-21-8-10-27-51-45)46-22-9-11-28-52-46)47-39-16-4-6-18-41(39)48(42-19-7-5-17-40(42)47)38-20-12-14-33-13-2-3-15-35(33)38/h2-31H,1H3. The van der Waals surface area contributed by atoms with Crippen molar-refractivity contribution < 1.29 is 0 Å². The van der Waals surface area contributed by atoms with E-state index in [4.69, 9.17) is 9.97 Å². The van der Waals surface area contributed by atoms with Crippen molar-refractivity contribution in [1.82, 2.24) is 9.97 Å². The highest BCUT2D eigenvalue weighted by molar-refractivity contribution is 6.23. The molecule has 0 saturated carbocycles. The highest BCUT2D eigenvalue weighted by atomic mass is 14.8. The second-order valence-electron chi connectivity index (χ2n) is 13.5. The van der Waals surface area contributed by atoms with Crippen LogP contribution in [0.25, 0.3) is 65.7 Å². The molecule has 1 aliphatic carbocycles. The summed E-state index contributed by atoms with van der Waals surface area (Å²) in [5, 5.41) is 7.42. The first-order valence-corrected chi connectivity index (χ1v) is 17.7. The molecule has 7 aromatic carbocycles. The van der Waals surface area contributed by atoms with Crippen molar-refractivity contribution in [3.05, 3.63) is 204 Å². The van der Waals surface area contributed by atoms with Gasteiger partial charge in [-0.3, -0.25) is 15.0 Å². The number of hydrogen-bond donors (Lipinski definition) is 0. The Labute approximate surface area is 302 Å². The van der Waals surface area contributed by atoms with Gasteiger partial charge in [0.2, 0.25) is 0 Å². The molecule has 0 unspecified atom stereocenters. The molecular weight excluding hydrogens is 631 g/mol. The quantitative estimate of drug-likeness (QED) is 0.136. The Morgan fingerprint density at radius 3 is 1.62 bits per heavy atom. The Morgan fingerprint density at radius 2 is 1.00 bits per heavy atom. The van der Waals surface area contributed by atoms with Crippen LogP contribution in [0.5, 0.6) is 0 Å². The summed E-state index contributed by atoms with van der Waals surface area (Å²) in [4.78, 5) is 14.5. The molecule has 3 heteroatoms. The third-order valence-electron chi connectivity index (χ3n) is 10.8. The largest absolute Gasteiger partial charge is 0.296 e. The van der Waals surface area contributed by atoms with Crippen molar-refractivity contribution in [3.8, 4) is 33.4 Å². The summed E-state index contributed by atoms with van der Waals surface area (Å²) in [7, 11) is 1.82. The number of hydrogen-bond acceptors (Lipinski definition) is 3. The molecule has 3 nitrogen and oxygen atoms in total. The van der Waals surface area contributed by atoms with Gasteiger partial charge in [0.25, 0.3) is 0 Å². The SMILES string of the molecule is CN=Cc1ccc2c(c1)C(c1ccccn1)(c1ccccn1)c1cc(-c3c4ccccc4c(-c4cccc5ccccc45)c4ccccc34)ccc1-2. The molecule has 2 aromatic heterocycles. The average molecular weight is 664 g/mol. The maximum atomic E-state index is 5.08. The maximum Gasteiger partial charge on any atom is 0.106 e. The predicted octanol–water partition coefficient (Wildman–Crippen LogP) is 11.7. The molecule has 9 aromatic rings. The Morgan fingerprint density at radius 1 is 0.462 bits per heavy atom. The molecule has 2 heterocycles. The van der Waals surface area contributed by atoms with E-state index in [1.165, 1.54) is 65.7 Å². The van der Waals surface area contributed by atoms with Crippen molar-refractivity contribution in [1.29, 1.82) is 0 Å². The third-order valence-corrected chi connectivity index (χ3v) is 10.8. The number of fused-ring (bicyclic) bond motifs is 6. The third kappa shape index (κ3) is 4.36. The highest BCUT2D eigenvalue weighted by Gasteiger charge is 2.48. The van der Waals surface area contributed by atoms with Gasteiger partial charge in [-0.25, -0.2) is 0 Å². The molecule has 0 spiro atoms. The lowest BCUT2D eigenvalue weighted by atomic mass is 9.71. The lowest BCUT2D eigenvalue weighted by molar-refractivity contribution is 0.706. The van der Waals surface area contributed by atoms with E-state index in [1.54, 1.807) is 0 Å². The fraction of sp³-hybridized carbons (Fsp3) is 0.0408. The number of nitrogens with zero attached hydrogens (tertiary/aromatic N) is 3. The summed E-state index contributed by atoms with van der Waals surface area (Å²) in [5.41, 5.74) is 11.8. The highest BCUT2D eigenvalue weighted by Crippen LogP contribution is 2.56. The van der Waals surface area contributed by atoms with E-state index in [-0.39, 0.29) is 0 Å². The Hall–Kier alpha value is -6.71. The van der Waals surface area contributed by atoms with E-state index in [9.17, 15) is 0 Å². The van der Waals surface area contributed by atoms with E-state index in [0.717, 1.165) is 28.1 Å². The fourth-order valence-electron chi connectivity index (χ4n) is 8.75. The van der Waals surface area contributed by atoms with Gasteiger partial charge in [-0.1, -0.05) is 127 Å². The second-order valence-corrected chi connectivity index (χ2v) is 13.5. The fourth-order valence-corrected chi connectivity index (χ4v) is 8.75. The molecule has 244 valence electrons. The van der Waals surface area contributed by atoms with Gasteiger partial charge in [-0.05, 0) is 119 Å². The van der Waals surface area contributed by atoms with E-state index in [2.05, 4.69) is 157 Å². The van der Waals surface area contributed by atoms with Crippen LogP contribution in [0, 0.1) is 0 Å². The van der Waals surface area contributed by atoms with Crippen LogP contribution in [-0.2, 0) is 5.41 Å². The van der Waals surface area contributed by atoms with Gasteiger partial charge in [0, 0.05) is 25.7 Å². The van der Waals surface area contributed by atoms with Gasteiger partial charge in [0.05, 0.1) is 11.4 Å². The summed E-state index contributed by atoms with van der Waals surface area (Å²) in [6.07, 6.45) is 5.71. The number of benzene rings is 7. The molecule has 10 rings (SSSR count). The minimum Gasteiger partial charge on any atom is -0.296 e. The van der Waals surface area contributed by atoms with E-state index in [1.807, 2.05) is 37.8 Å². The van der Waals surface area contributed by atoms with Crippen molar-refractivity contribution >= 4 is 38.5 Å². The van der Waals surface area contributed by atoms with E-state index < -0.39 is 5.41 Å². The number of aromatic nitrogens is 2. The Balaban J connectivity index is 1.32. The lowest BCUT2D eigenvalue weighted by Crippen LogP contribution is -2.31. The smallest absolute Gasteiger partial charge is 0.106 e. The van der Waals surface area contributed by atoms with Crippen LogP contribution in [0.1, 0.15) is 28.1 Å². The van der Waals surface area contributed by atoms with Crippen LogP contribution in [-0.4, -0.2) is 23.2 Å². The molecule has 0 bridgehead atoms. The van der Waals surface area contributed by atoms with Gasteiger partial charge in [0.15, 0.2) is 0 Å². The molecule has 1 aliphatic rings. The Bertz CT molecular complexity index is 2750. The minimum atomic E-state index is -0.741. The first-order valence-electron chi connectivity index (χ1n) is 17.7. The first kappa shape index (κ1) is 30.1.